The molecule has 0 aliphatic carbocycles. The largest absolute Gasteiger partial charge is 0.416 e. The number of rotatable bonds is 3. The lowest BCUT2D eigenvalue weighted by Crippen LogP contribution is -2.32. The van der Waals surface area contributed by atoms with Gasteiger partial charge in [0.1, 0.15) is 0 Å². The quantitative estimate of drug-likeness (QED) is 0.921. The van der Waals surface area contributed by atoms with Crippen LogP contribution in [-0.4, -0.2) is 29.8 Å². The summed E-state index contributed by atoms with van der Waals surface area (Å²) < 4.78 is 38.1. The average Bonchev–Trinajstić information content (AvgIpc) is 2.89. The normalized spacial score (nSPS) is 18.5. The highest BCUT2D eigenvalue weighted by molar-refractivity contribution is 6.31. The Bertz CT molecular complexity index is 604. The summed E-state index contributed by atoms with van der Waals surface area (Å²) >= 11 is 5.86. The zero-order valence-corrected chi connectivity index (χ0v) is 12.2. The molecule has 2 N–H and O–H groups in total. The third kappa shape index (κ3) is 3.71. The molecule has 1 aliphatic heterocycles. The van der Waals surface area contributed by atoms with Crippen molar-refractivity contribution in [2.24, 2.45) is 11.7 Å². The van der Waals surface area contributed by atoms with Gasteiger partial charge in [-0.3, -0.25) is 9.59 Å². The molecule has 0 unspecified atom stereocenters. The van der Waals surface area contributed by atoms with Gasteiger partial charge in [0, 0.05) is 18.1 Å². The molecule has 1 saturated heterocycles. The van der Waals surface area contributed by atoms with Gasteiger partial charge in [-0.1, -0.05) is 11.6 Å². The van der Waals surface area contributed by atoms with Crippen molar-refractivity contribution in [2.45, 2.75) is 19.0 Å². The van der Waals surface area contributed by atoms with Crippen LogP contribution < -0.4 is 5.73 Å². The molecule has 1 aromatic rings. The number of amides is 2. The van der Waals surface area contributed by atoms with E-state index < -0.39 is 23.6 Å². The van der Waals surface area contributed by atoms with Crippen molar-refractivity contribution in [3.63, 3.8) is 0 Å². The highest BCUT2D eigenvalue weighted by Gasteiger charge is 2.32. The molecule has 1 atom stereocenters. The van der Waals surface area contributed by atoms with Crippen molar-refractivity contribution in [1.82, 2.24) is 4.90 Å². The lowest BCUT2D eigenvalue weighted by Gasteiger charge is -2.17. The Balaban J connectivity index is 2.10. The zero-order valence-electron chi connectivity index (χ0n) is 11.5. The molecular weight excluding hydrogens is 321 g/mol. The summed E-state index contributed by atoms with van der Waals surface area (Å²) in [7, 11) is 0. The summed E-state index contributed by atoms with van der Waals surface area (Å²) in [6.07, 6.45) is -4.27. The molecular formula is C14H14ClF3N2O2. The van der Waals surface area contributed by atoms with E-state index in [1.54, 1.807) is 0 Å². The molecule has 8 heteroatoms. The predicted molar refractivity (Wildman–Crippen MR) is 74.0 cm³/mol. The van der Waals surface area contributed by atoms with Gasteiger partial charge < -0.3 is 10.6 Å². The van der Waals surface area contributed by atoms with Crippen molar-refractivity contribution in [1.29, 1.82) is 0 Å². The van der Waals surface area contributed by atoms with E-state index in [2.05, 4.69) is 0 Å². The highest BCUT2D eigenvalue weighted by Crippen LogP contribution is 2.32. The fourth-order valence-corrected chi connectivity index (χ4v) is 2.56. The molecule has 22 heavy (non-hydrogen) atoms. The van der Waals surface area contributed by atoms with Gasteiger partial charge in [0.05, 0.1) is 17.9 Å². The first-order valence-electron chi connectivity index (χ1n) is 6.61. The maximum atomic E-state index is 12.7. The van der Waals surface area contributed by atoms with Gasteiger partial charge in [-0.25, -0.2) is 0 Å². The van der Waals surface area contributed by atoms with Crippen molar-refractivity contribution in [3.8, 4) is 0 Å². The fourth-order valence-electron chi connectivity index (χ4n) is 2.38. The van der Waals surface area contributed by atoms with Gasteiger partial charge in [0.25, 0.3) is 0 Å². The molecule has 120 valence electrons. The van der Waals surface area contributed by atoms with Crippen LogP contribution in [0.3, 0.4) is 0 Å². The summed E-state index contributed by atoms with van der Waals surface area (Å²) in [6.45, 7) is 0.563. The lowest BCUT2D eigenvalue weighted by molar-refractivity contribution is -0.138. The first-order valence-corrected chi connectivity index (χ1v) is 6.99. The number of benzene rings is 1. The molecule has 1 fully saturated rings. The van der Waals surface area contributed by atoms with Crippen molar-refractivity contribution >= 4 is 23.4 Å². The third-order valence-corrected chi connectivity index (χ3v) is 4.03. The number of carbonyl (C=O) groups excluding carboxylic acids is 2. The Morgan fingerprint density at radius 1 is 1.36 bits per heavy atom. The van der Waals surface area contributed by atoms with E-state index in [-0.39, 0.29) is 29.5 Å². The first-order chi connectivity index (χ1) is 10.2. The van der Waals surface area contributed by atoms with E-state index >= 15 is 0 Å². The van der Waals surface area contributed by atoms with E-state index in [0.29, 0.717) is 13.0 Å². The number of primary amides is 1. The second kappa shape index (κ2) is 6.16. The number of carbonyl (C=O) groups is 2. The highest BCUT2D eigenvalue weighted by atomic mass is 35.5. The Morgan fingerprint density at radius 2 is 2.05 bits per heavy atom. The van der Waals surface area contributed by atoms with Crippen LogP contribution in [0.2, 0.25) is 5.02 Å². The van der Waals surface area contributed by atoms with Crippen LogP contribution >= 0.6 is 11.6 Å². The molecule has 2 rings (SSSR count). The number of hydrogen-bond acceptors (Lipinski definition) is 2. The third-order valence-electron chi connectivity index (χ3n) is 3.66. The molecule has 0 saturated carbocycles. The fraction of sp³-hybridized carbons (Fsp3) is 0.429. The molecule has 4 nitrogen and oxygen atoms in total. The van der Waals surface area contributed by atoms with E-state index in [4.69, 9.17) is 17.3 Å². The van der Waals surface area contributed by atoms with Crippen molar-refractivity contribution < 1.29 is 22.8 Å². The average molecular weight is 335 g/mol. The number of hydrogen-bond donors (Lipinski definition) is 1. The lowest BCUT2D eigenvalue weighted by atomic mass is 10.1. The summed E-state index contributed by atoms with van der Waals surface area (Å²) in [4.78, 5) is 24.6. The van der Waals surface area contributed by atoms with Gasteiger partial charge in [-0.05, 0) is 30.2 Å². The molecule has 2 amide bonds. The minimum absolute atomic E-state index is 0.104. The summed E-state index contributed by atoms with van der Waals surface area (Å²) in [5, 5.41) is 0.104. The molecule has 1 heterocycles. The van der Waals surface area contributed by atoms with Gasteiger partial charge >= 0.3 is 6.18 Å². The Labute approximate surface area is 130 Å². The molecule has 0 bridgehead atoms. The van der Waals surface area contributed by atoms with Crippen LogP contribution in [0.25, 0.3) is 0 Å². The number of alkyl halides is 3. The van der Waals surface area contributed by atoms with Crippen LogP contribution in [0, 0.1) is 5.92 Å². The van der Waals surface area contributed by atoms with Crippen molar-refractivity contribution in [2.75, 3.05) is 13.1 Å². The van der Waals surface area contributed by atoms with E-state index in [9.17, 15) is 22.8 Å². The number of nitrogens with zero attached hydrogens (tertiary/aromatic N) is 1. The van der Waals surface area contributed by atoms with E-state index in [1.165, 1.54) is 4.90 Å². The molecule has 0 spiro atoms. The maximum Gasteiger partial charge on any atom is 0.416 e. The predicted octanol–water partition coefficient (Wildman–Crippen LogP) is 2.24. The standard InChI is InChI=1S/C14H14ClF3N2O2/c15-11-2-1-10(14(16,17)18)5-9(11)6-12(21)20-4-3-8(7-20)13(19)22/h1-2,5,8H,3-4,6-7H2,(H2,19,22)/t8-/m0/s1. The number of likely N-dealkylation sites (tertiary alicyclic amines) is 1. The van der Waals surface area contributed by atoms with E-state index in [0.717, 1.165) is 18.2 Å². The Kier molecular flexibility index (Phi) is 4.65. The molecule has 0 aromatic heterocycles. The Morgan fingerprint density at radius 3 is 2.59 bits per heavy atom. The van der Waals surface area contributed by atoms with Gasteiger partial charge in [-0.15, -0.1) is 0 Å². The van der Waals surface area contributed by atoms with Gasteiger partial charge in [0.2, 0.25) is 11.8 Å². The second-order valence-corrected chi connectivity index (χ2v) is 5.62. The summed E-state index contributed by atoms with van der Waals surface area (Å²) in [5.41, 5.74) is 4.45. The topological polar surface area (TPSA) is 63.4 Å². The summed E-state index contributed by atoms with van der Waals surface area (Å²) in [6, 6.07) is 2.88. The maximum absolute atomic E-state index is 12.7. The zero-order chi connectivity index (χ0) is 16.5. The van der Waals surface area contributed by atoms with Crippen LogP contribution in [0.1, 0.15) is 17.5 Å². The SMILES string of the molecule is NC(=O)[C@H]1CCN(C(=O)Cc2cc(C(F)(F)F)ccc2Cl)C1. The minimum atomic E-state index is -4.49. The first kappa shape index (κ1) is 16.6. The second-order valence-electron chi connectivity index (χ2n) is 5.21. The molecule has 1 aromatic carbocycles. The number of halogens is 4. The van der Waals surface area contributed by atoms with Crippen molar-refractivity contribution in [3.05, 3.63) is 34.3 Å². The van der Waals surface area contributed by atoms with Crippen LogP contribution in [0.4, 0.5) is 13.2 Å². The minimum Gasteiger partial charge on any atom is -0.369 e. The van der Waals surface area contributed by atoms with Crippen LogP contribution in [0.15, 0.2) is 18.2 Å². The molecule has 1 aliphatic rings. The summed E-state index contributed by atoms with van der Waals surface area (Å²) in [5.74, 6) is -1.25. The molecule has 0 radical (unpaired) electrons. The smallest absolute Gasteiger partial charge is 0.369 e. The van der Waals surface area contributed by atoms with E-state index in [1.807, 2.05) is 0 Å². The van der Waals surface area contributed by atoms with Gasteiger partial charge in [-0.2, -0.15) is 13.2 Å². The monoisotopic (exact) mass is 334 g/mol. The van der Waals surface area contributed by atoms with Crippen LogP contribution in [-0.2, 0) is 22.2 Å². The van der Waals surface area contributed by atoms with Crippen LogP contribution in [0.5, 0.6) is 0 Å². The Hall–Kier alpha value is -1.76. The van der Waals surface area contributed by atoms with Gasteiger partial charge in [0.15, 0.2) is 0 Å². The number of nitrogens with two attached hydrogens (primary N) is 1.